The molecule has 0 fully saturated rings. The molecule has 1 aromatic heterocycles. The average Bonchev–Trinajstić information content (AvgIpc) is 3.73. The van der Waals surface area contributed by atoms with E-state index in [1.807, 2.05) is 11.3 Å². The topological polar surface area (TPSA) is 40.0 Å². The van der Waals surface area contributed by atoms with Gasteiger partial charge >= 0.3 is 0 Å². The first-order valence-corrected chi connectivity index (χ1v) is 17.2. The number of hydrogen-bond acceptors (Lipinski definition) is 5. The molecule has 10 rings (SSSR count). The summed E-state index contributed by atoms with van der Waals surface area (Å²) in [4.78, 5) is 13.1. The predicted molar refractivity (Wildman–Crippen MR) is 197 cm³/mol. The molecule has 0 saturated carbocycles. The molecule has 0 saturated heterocycles. The number of amidine groups is 1. The maximum atomic E-state index is 5.38. The van der Waals surface area contributed by atoms with Gasteiger partial charge in [-0.3, -0.25) is 0 Å². The third kappa shape index (κ3) is 3.87. The molecule has 0 spiro atoms. The Bertz CT molecular complexity index is 2390. The lowest BCUT2D eigenvalue weighted by atomic mass is 9.80. The number of fused-ring (bicyclic) bond motifs is 9. The lowest BCUT2D eigenvalue weighted by Crippen LogP contribution is -2.50. The first-order valence-electron chi connectivity index (χ1n) is 16.4. The molecule has 3 unspecified atom stereocenters. The predicted octanol–water partition coefficient (Wildman–Crippen LogP) is 9.86. The number of allylic oxidation sites excluding steroid dienone is 2. The summed E-state index contributed by atoms with van der Waals surface area (Å²) in [6.07, 6.45) is 8.69. The Labute approximate surface area is 278 Å². The van der Waals surface area contributed by atoms with Crippen LogP contribution in [0.4, 0.5) is 5.69 Å². The minimum absolute atomic E-state index is 0.0557. The number of guanidine groups is 1. The van der Waals surface area contributed by atoms with E-state index in [1.165, 1.54) is 53.7 Å². The number of nitrogens with zero attached hydrogens (tertiary/aromatic N) is 3. The van der Waals surface area contributed by atoms with Crippen LogP contribution in [0.3, 0.4) is 0 Å². The van der Waals surface area contributed by atoms with Gasteiger partial charge in [0.05, 0.1) is 6.04 Å². The molecular formula is C42H32N4S. The van der Waals surface area contributed by atoms with E-state index in [0.717, 1.165) is 22.9 Å². The van der Waals surface area contributed by atoms with Gasteiger partial charge in [-0.25, -0.2) is 9.98 Å². The number of benzene rings is 5. The number of nitrogens with one attached hydrogen (secondary N) is 1. The SMILES string of the molecule is CC1(C)c2ccccc2-c2cc3c(cc21)C1C=CC=CC1N3C1=NC(c2ccccc2)N=C(c2cccc3c2sc2ccccc23)N1. The standard InChI is InChI=1S/C42H32N4S/c1-42(2)33-20-9-6-15-26(33)31-24-36-32(23-34(31)42)27-16-7-10-21-35(27)46(36)41-44-39(25-13-4-3-5-14-25)43-40(45-41)30-19-12-18-29-28-17-8-11-22-37(28)47-38(29)30/h3-24,27,35,39H,1-2H3,(H,43,44,45). The van der Waals surface area contributed by atoms with Gasteiger partial charge in [0.2, 0.25) is 5.96 Å². The van der Waals surface area contributed by atoms with Crippen LogP contribution in [0.1, 0.15) is 53.7 Å². The van der Waals surface area contributed by atoms with Crippen molar-refractivity contribution in [3.63, 3.8) is 0 Å². The molecule has 2 aliphatic heterocycles. The van der Waals surface area contributed by atoms with Crippen LogP contribution in [0.2, 0.25) is 0 Å². The Kier molecular flexibility index (Phi) is 5.65. The Morgan fingerprint density at radius 1 is 0.702 bits per heavy atom. The largest absolute Gasteiger partial charge is 0.310 e. The zero-order chi connectivity index (χ0) is 31.3. The number of rotatable bonds is 2. The highest BCUT2D eigenvalue weighted by atomic mass is 32.1. The fourth-order valence-corrected chi connectivity index (χ4v) is 9.40. The van der Waals surface area contributed by atoms with Gasteiger partial charge in [-0.2, -0.15) is 0 Å². The van der Waals surface area contributed by atoms with Gasteiger partial charge in [0, 0.05) is 42.8 Å². The first-order chi connectivity index (χ1) is 23.1. The molecule has 0 radical (unpaired) electrons. The van der Waals surface area contributed by atoms with Gasteiger partial charge in [0.1, 0.15) is 5.84 Å². The summed E-state index contributed by atoms with van der Waals surface area (Å²) in [5, 5.41) is 6.34. The van der Waals surface area contributed by atoms with E-state index in [4.69, 9.17) is 9.98 Å². The van der Waals surface area contributed by atoms with Crippen molar-refractivity contribution in [3.8, 4) is 11.1 Å². The monoisotopic (exact) mass is 624 g/mol. The lowest BCUT2D eigenvalue weighted by Gasteiger charge is -2.33. The van der Waals surface area contributed by atoms with E-state index < -0.39 is 0 Å². The van der Waals surface area contributed by atoms with Crippen molar-refractivity contribution in [2.45, 2.75) is 37.4 Å². The van der Waals surface area contributed by atoms with E-state index in [2.05, 4.69) is 158 Å². The van der Waals surface area contributed by atoms with Crippen molar-refractivity contribution in [2.24, 2.45) is 9.98 Å². The smallest absolute Gasteiger partial charge is 0.207 e. The van der Waals surface area contributed by atoms with Gasteiger partial charge < -0.3 is 10.2 Å². The van der Waals surface area contributed by atoms with Crippen molar-refractivity contribution >= 4 is 49.0 Å². The molecule has 226 valence electrons. The summed E-state index contributed by atoms with van der Waals surface area (Å²) in [5.41, 5.74) is 10.1. The second-order valence-electron chi connectivity index (χ2n) is 13.4. The van der Waals surface area contributed by atoms with Crippen LogP contribution >= 0.6 is 11.3 Å². The van der Waals surface area contributed by atoms with Gasteiger partial charge in [-0.15, -0.1) is 11.3 Å². The maximum absolute atomic E-state index is 5.38. The Balaban J connectivity index is 1.16. The van der Waals surface area contributed by atoms with Crippen LogP contribution < -0.4 is 10.2 Å². The molecule has 2 aliphatic carbocycles. The minimum Gasteiger partial charge on any atom is -0.310 e. The van der Waals surface area contributed by atoms with Crippen LogP contribution in [0.15, 0.2) is 143 Å². The Morgan fingerprint density at radius 3 is 2.38 bits per heavy atom. The summed E-state index contributed by atoms with van der Waals surface area (Å²) in [7, 11) is 0. The molecule has 6 aromatic rings. The molecule has 3 heterocycles. The normalized spacial score (nSPS) is 21.6. The maximum Gasteiger partial charge on any atom is 0.207 e. The summed E-state index contributed by atoms with van der Waals surface area (Å²) in [5.74, 6) is 1.92. The van der Waals surface area contributed by atoms with Crippen LogP contribution in [-0.2, 0) is 5.41 Å². The van der Waals surface area contributed by atoms with Gasteiger partial charge in [0.25, 0.3) is 0 Å². The lowest BCUT2D eigenvalue weighted by molar-refractivity contribution is 0.658. The summed E-state index contributed by atoms with van der Waals surface area (Å²) in [6, 6.07) is 39.6. The van der Waals surface area contributed by atoms with E-state index in [-0.39, 0.29) is 23.5 Å². The molecule has 5 heteroatoms. The second-order valence-corrected chi connectivity index (χ2v) is 14.5. The molecule has 3 atom stereocenters. The zero-order valence-electron chi connectivity index (χ0n) is 26.2. The third-order valence-electron chi connectivity index (χ3n) is 10.5. The first kappa shape index (κ1) is 26.9. The quantitative estimate of drug-likeness (QED) is 0.208. The summed E-state index contributed by atoms with van der Waals surface area (Å²) >= 11 is 1.83. The molecule has 5 aromatic carbocycles. The van der Waals surface area contributed by atoms with E-state index in [0.29, 0.717) is 0 Å². The van der Waals surface area contributed by atoms with Crippen molar-refractivity contribution < 1.29 is 0 Å². The molecule has 1 N–H and O–H groups in total. The van der Waals surface area contributed by atoms with Gasteiger partial charge in [-0.1, -0.05) is 129 Å². The van der Waals surface area contributed by atoms with E-state index in [1.54, 1.807) is 0 Å². The van der Waals surface area contributed by atoms with E-state index >= 15 is 0 Å². The number of thiophene rings is 1. The van der Waals surface area contributed by atoms with Crippen molar-refractivity contribution in [1.29, 1.82) is 0 Å². The number of anilines is 1. The number of aliphatic imine (C=N–C) groups is 2. The number of hydrogen-bond donors (Lipinski definition) is 1. The van der Waals surface area contributed by atoms with Crippen LogP contribution in [-0.4, -0.2) is 17.8 Å². The Morgan fingerprint density at radius 2 is 1.47 bits per heavy atom. The summed E-state index contributed by atoms with van der Waals surface area (Å²) in [6.45, 7) is 4.72. The molecule has 0 bridgehead atoms. The van der Waals surface area contributed by atoms with Crippen molar-refractivity contribution in [2.75, 3.05) is 4.90 Å². The average molecular weight is 625 g/mol. The van der Waals surface area contributed by atoms with Gasteiger partial charge in [-0.05, 0) is 51.6 Å². The van der Waals surface area contributed by atoms with Crippen molar-refractivity contribution in [1.82, 2.24) is 5.32 Å². The van der Waals surface area contributed by atoms with Crippen molar-refractivity contribution in [3.05, 3.63) is 161 Å². The second kappa shape index (κ2) is 9.87. The third-order valence-corrected chi connectivity index (χ3v) is 11.7. The highest BCUT2D eigenvalue weighted by Crippen LogP contribution is 2.54. The van der Waals surface area contributed by atoms with Crippen LogP contribution in [0, 0.1) is 0 Å². The zero-order valence-corrected chi connectivity index (χ0v) is 27.0. The molecule has 4 nitrogen and oxygen atoms in total. The molecule has 47 heavy (non-hydrogen) atoms. The molecular weight excluding hydrogens is 593 g/mol. The fraction of sp³-hybridized carbons (Fsp3) is 0.143. The summed E-state index contributed by atoms with van der Waals surface area (Å²) < 4.78 is 2.53. The van der Waals surface area contributed by atoms with Crippen LogP contribution in [0.25, 0.3) is 31.3 Å². The highest BCUT2D eigenvalue weighted by molar-refractivity contribution is 7.26. The molecule has 0 amide bonds. The Hall–Kier alpha value is -5.26. The van der Waals surface area contributed by atoms with Gasteiger partial charge in [0.15, 0.2) is 6.17 Å². The van der Waals surface area contributed by atoms with E-state index in [9.17, 15) is 0 Å². The molecule has 4 aliphatic rings. The fourth-order valence-electron chi connectivity index (χ4n) is 8.18. The van der Waals surface area contributed by atoms with Crippen LogP contribution in [0.5, 0.6) is 0 Å². The minimum atomic E-state index is -0.369. The highest BCUT2D eigenvalue weighted by Gasteiger charge is 2.44.